The van der Waals surface area contributed by atoms with Crippen molar-refractivity contribution in [3.8, 4) is 6.07 Å². The maximum absolute atomic E-state index is 12.5. The summed E-state index contributed by atoms with van der Waals surface area (Å²) < 4.78 is 4.95. The Bertz CT molecular complexity index is 864. The van der Waals surface area contributed by atoms with Crippen molar-refractivity contribution in [2.45, 2.75) is 6.92 Å². The minimum atomic E-state index is -0.376. The molecule has 1 aliphatic heterocycles. The lowest BCUT2D eigenvalue weighted by Crippen LogP contribution is -2.50. The van der Waals surface area contributed by atoms with Crippen LogP contribution in [0.5, 0.6) is 0 Å². The Morgan fingerprint density at radius 2 is 1.68 bits per heavy atom. The quantitative estimate of drug-likeness (QED) is 0.827. The van der Waals surface area contributed by atoms with Crippen LogP contribution >= 0.6 is 0 Å². The molecule has 7 nitrogen and oxygen atoms in total. The summed E-state index contributed by atoms with van der Waals surface area (Å²) in [6.07, 6.45) is 0. The molecular weight excluding hydrogens is 356 g/mol. The van der Waals surface area contributed by atoms with Crippen molar-refractivity contribution in [3.05, 3.63) is 59.7 Å². The molecule has 3 rings (SSSR count). The maximum Gasteiger partial charge on any atom is 0.338 e. The van der Waals surface area contributed by atoms with E-state index in [1.54, 1.807) is 48.2 Å². The number of urea groups is 1. The number of nitrogens with one attached hydrogen (secondary N) is 1. The van der Waals surface area contributed by atoms with Crippen molar-refractivity contribution < 1.29 is 14.3 Å². The van der Waals surface area contributed by atoms with E-state index < -0.39 is 0 Å². The summed E-state index contributed by atoms with van der Waals surface area (Å²) >= 11 is 0. The zero-order valence-corrected chi connectivity index (χ0v) is 15.7. The highest BCUT2D eigenvalue weighted by Gasteiger charge is 2.21. The van der Waals surface area contributed by atoms with E-state index in [1.165, 1.54) is 0 Å². The third-order valence-electron chi connectivity index (χ3n) is 4.58. The van der Waals surface area contributed by atoms with Crippen LogP contribution in [0.3, 0.4) is 0 Å². The molecule has 0 unspecified atom stereocenters. The van der Waals surface area contributed by atoms with E-state index in [-0.39, 0.29) is 12.0 Å². The molecular formula is C21H22N4O3. The normalized spacial score (nSPS) is 13.6. The molecule has 2 amide bonds. The van der Waals surface area contributed by atoms with E-state index in [0.717, 1.165) is 18.8 Å². The highest BCUT2D eigenvalue weighted by atomic mass is 16.5. The molecule has 0 aliphatic carbocycles. The number of ether oxygens (including phenoxy) is 1. The van der Waals surface area contributed by atoms with E-state index in [2.05, 4.69) is 16.3 Å². The first kappa shape index (κ1) is 19.2. The van der Waals surface area contributed by atoms with Gasteiger partial charge in [0.2, 0.25) is 0 Å². The minimum Gasteiger partial charge on any atom is -0.462 e. The largest absolute Gasteiger partial charge is 0.462 e. The first-order valence-electron chi connectivity index (χ1n) is 9.19. The van der Waals surface area contributed by atoms with Crippen LogP contribution in [0.2, 0.25) is 0 Å². The average molecular weight is 378 g/mol. The molecule has 1 aliphatic rings. The lowest BCUT2D eigenvalue weighted by molar-refractivity contribution is 0.0526. The lowest BCUT2D eigenvalue weighted by atomic mass is 10.2. The van der Waals surface area contributed by atoms with Crippen LogP contribution in [-0.4, -0.2) is 49.7 Å². The van der Waals surface area contributed by atoms with E-state index in [1.807, 2.05) is 12.1 Å². The van der Waals surface area contributed by atoms with Crippen LogP contribution in [0.15, 0.2) is 48.5 Å². The van der Waals surface area contributed by atoms with Crippen molar-refractivity contribution in [3.63, 3.8) is 0 Å². The SMILES string of the molecule is CCOC(=O)c1ccc(NC(=O)N2CCN(c3ccc(C#N)cc3)CC2)cc1. The minimum absolute atomic E-state index is 0.164. The highest BCUT2D eigenvalue weighted by molar-refractivity contribution is 5.92. The number of piperazine rings is 1. The van der Waals surface area contributed by atoms with Gasteiger partial charge in [-0.3, -0.25) is 0 Å². The Hall–Kier alpha value is -3.53. The van der Waals surface area contributed by atoms with Crippen molar-refractivity contribution in [1.29, 1.82) is 5.26 Å². The summed E-state index contributed by atoms with van der Waals surface area (Å²) in [6, 6.07) is 16.1. The van der Waals surface area contributed by atoms with Crippen LogP contribution < -0.4 is 10.2 Å². The van der Waals surface area contributed by atoms with Crippen LogP contribution in [0, 0.1) is 11.3 Å². The van der Waals surface area contributed by atoms with Gasteiger partial charge in [0.1, 0.15) is 0 Å². The van der Waals surface area contributed by atoms with Gasteiger partial charge in [-0.15, -0.1) is 0 Å². The monoisotopic (exact) mass is 378 g/mol. The van der Waals surface area contributed by atoms with E-state index in [0.29, 0.717) is 36.5 Å². The summed E-state index contributed by atoms with van der Waals surface area (Å²) in [4.78, 5) is 28.1. The van der Waals surface area contributed by atoms with E-state index >= 15 is 0 Å². The molecule has 7 heteroatoms. The van der Waals surface area contributed by atoms with Crippen LogP contribution in [0.25, 0.3) is 0 Å². The Morgan fingerprint density at radius 1 is 1.04 bits per heavy atom. The molecule has 0 bridgehead atoms. The fraction of sp³-hybridized carbons (Fsp3) is 0.286. The second-order valence-electron chi connectivity index (χ2n) is 6.36. The van der Waals surface area contributed by atoms with Crippen molar-refractivity contribution in [1.82, 2.24) is 4.90 Å². The zero-order chi connectivity index (χ0) is 19.9. The third-order valence-corrected chi connectivity index (χ3v) is 4.58. The van der Waals surface area contributed by atoms with Crippen molar-refractivity contribution in [2.75, 3.05) is 43.0 Å². The van der Waals surface area contributed by atoms with Gasteiger partial charge in [0.15, 0.2) is 0 Å². The van der Waals surface area contributed by atoms with Gasteiger partial charge in [0.05, 0.1) is 23.8 Å². The number of nitrogens with zero attached hydrogens (tertiary/aromatic N) is 3. The number of hydrogen-bond acceptors (Lipinski definition) is 5. The fourth-order valence-corrected chi connectivity index (χ4v) is 3.02. The fourth-order valence-electron chi connectivity index (χ4n) is 3.02. The molecule has 2 aromatic carbocycles. The Kier molecular flexibility index (Phi) is 6.12. The molecule has 0 aromatic heterocycles. The predicted octanol–water partition coefficient (Wildman–Crippen LogP) is 3.09. The maximum atomic E-state index is 12.5. The molecule has 144 valence electrons. The first-order valence-corrected chi connectivity index (χ1v) is 9.19. The van der Waals surface area contributed by atoms with Gasteiger partial charge in [-0.2, -0.15) is 5.26 Å². The Labute approximate surface area is 164 Å². The van der Waals surface area contributed by atoms with Crippen molar-refractivity contribution >= 4 is 23.4 Å². The smallest absolute Gasteiger partial charge is 0.338 e. The zero-order valence-electron chi connectivity index (χ0n) is 15.7. The molecule has 1 saturated heterocycles. The predicted molar refractivity (Wildman–Crippen MR) is 106 cm³/mol. The number of nitriles is 1. The lowest BCUT2D eigenvalue weighted by Gasteiger charge is -2.36. The number of esters is 1. The van der Waals surface area contributed by atoms with Crippen molar-refractivity contribution in [2.24, 2.45) is 0 Å². The highest BCUT2D eigenvalue weighted by Crippen LogP contribution is 2.18. The topological polar surface area (TPSA) is 85.7 Å². The molecule has 0 atom stereocenters. The Balaban J connectivity index is 1.52. The van der Waals surface area contributed by atoms with Gasteiger partial charge < -0.3 is 19.9 Å². The molecule has 1 N–H and O–H groups in total. The van der Waals surface area contributed by atoms with E-state index in [9.17, 15) is 9.59 Å². The molecule has 1 fully saturated rings. The summed E-state index contributed by atoms with van der Waals surface area (Å²) in [5.74, 6) is -0.376. The third kappa shape index (κ3) is 4.60. The number of hydrogen-bond donors (Lipinski definition) is 1. The van der Waals surface area contributed by atoms with Gasteiger partial charge in [0.25, 0.3) is 0 Å². The van der Waals surface area contributed by atoms with Gasteiger partial charge in [-0.1, -0.05) is 0 Å². The van der Waals surface area contributed by atoms with Crippen LogP contribution in [0.1, 0.15) is 22.8 Å². The summed E-state index contributed by atoms with van der Waals surface area (Å²) in [5, 5.41) is 11.7. The van der Waals surface area contributed by atoms with Gasteiger partial charge in [-0.05, 0) is 55.5 Å². The molecule has 1 heterocycles. The average Bonchev–Trinajstić information content (AvgIpc) is 2.74. The number of benzene rings is 2. The second kappa shape index (κ2) is 8.91. The molecule has 0 saturated carbocycles. The molecule has 0 spiro atoms. The van der Waals surface area contributed by atoms with Crippen LogP contribution in [0.4, 0.5) is 16.2 Å². The summed E-state index contributed by atoms with van der Waals surface area (Å²) in [6.45, 7) is 4.74. The molecule has 28 heavy (non-hydrogen) atoms. The number of anilines is 2. The Morgan fingerprint density at radius 3 is 2.25 bits per heavy atom. The molecule has 2 aromatic rings. The van der Waals surface area contributed by atoms with E-state index in [4.69, 9.17) is 10.00 Å². The van der Waals surface area contributed by atoms with Gasteiger partial charge in [-0.25, -0.2) is 9.59 Å². The van der Waals surface area contributed by atoms with Gasteiger partial charge >= 0.3 is 12.0 Å². The summed E-state index contributed by atoms with van der Waals surface area (Å²) in [5.41, 5.74) is 2.77. The first-order chi connectivity index (χ1) is 13.6. The number of carbonyl (C=O) groups is 2. The number of amides is 2. The molecule has 0 radical (unpaired) electrons. The van der Waals surface area contributed by atoms with Gasteiger partial charge in [0, 0.05) is 37.6 Å². The second-order valence-corrected chi connectivity index (χ2v) is 6.36. The number of rotatable bonds is 4. The van der Waals surface area contributed by atoms with Crippen LogP contribution in [-0.2, 0) is 4.74 Å². The summed E-state index contributed by atoms with van der Waals surface area (Å²) in [7, 11) is 0. The standard InChI is InChI=1S/C21H22N4O3/c1-2-28-20(26)17-5-7-18(8-6-17)23-21(27)25-13-11-24(12-14-25)19-9-3-16(15-22)4-10-19/h3-10H,2,11-14H2,1H3,(H,23,27). The number of carbonyl (C=O) groups excluding carboxylic acids is 2.